The Balaban J connectivity index is 1.77. The number of hydrogen-bond donors (Lipinski definition) is 2. The fourth-order valence-electron chi connectivity index (χ4n) is 2.15. The standard InChI is InChI=1S/C13H18N2O3S/c14-11-4-1-10(2-5-11)3-6-13(16)15-12-7-8-19(17,18)9-12/h1-2,4-5,12H,3,6-9,14H2,(H,15,16). The molecule has 1 aliphatic heterocycles. The van der Waals surface area contributed by atoms with Gasteiger partial charge in [0, 0.05) is 18.2 Å². The molecule has 6 heteroatoms. The Kier molecular flexibility index (Phi) is 4.09. The summed E-state index contributed by atoms with van der Waals surface area (Å²) in [5.74, 6) is 0.148. The van der Waals surface area contributed by atoms with E-state index in [-0.39, 0.29) is 23.5 Å². The summed E-state index contributed by atoms with van der Waals surface area (Å²) in [4.78, 5) is 11.7. The fourth-order valence-corrected chi connectivity index (χ4v) is 3.82. The number of carbonyl (C=O) groups excluding carboxylic acids is 1. The monoisotopic (exact) mass is 282 g/mol. The molecule has 1 atom stereocenters. The summed E-state index contributed by atoms with van der Waals surface area (Å²) in [6, 6.07) is 7.17. The Bertz CT molecular complexity index is 552. The highest BCUT2D eigenvalue weighted by Gasteiger charge is 2.28. The molecule has 1 aromatic rings. The number of rotatable bonds is 4. The van der Waals surface area contributed by atoms with E-state index in [4.69, 9.17) is 5.73 Å². The van der Waals surface area contributed by atoms with Crippen molar-refractivity contribution in [3.63, 3.8) is 0 Å². The van der Waals surface area contributed by atoms with Crippen molar-refractivity contribution < 1.29 is 13.2 Å². The number of nitrogens with two attached hydrogens (primary N) is 1. The van der Waals surface area contributed by atoms with Gasteiger partial charge in [0.05, 0.1) is 11.5 Å². The molecule has 1 saturated heterocycles. The minimum Gasteiger partial charge on any atom is -0.399 e. The molecule has 0 saturated carbocycles. The summed E-state index contributed by atoms with van der Waals surface area (Å²) in [5.41, 5.74) is 7.32. The summed E-state index contributed by atoms with van der Waals surface area (Å²) >= 11 is 0. The predicted molar refractivity (Wildman–Crippen MR) is 74.4 cm³/mol. The number of anilines is 1. The summed E-state index contributed by atoms with van der Waals surface area (Å²) in [6.45, 7) is 0. The third kappa shape index (κ3) is 4.24. The van der Waals surface area contributed by atoms with Crippen LogP contribution in [0.15, 0.2) is 24.3 Å². The number of amides is 1. The highest BCUT2D eigenvalue weighted by molar-refractivity contribution is 7.91. The Labute approximate surface area is 113 Å². The second-order valence-corrected chi connectivity index (χ2v) is 7.14. The van der Waals surface area contributed by atoms with E-state index in [1.165, 1.54) is 0 Å². The van der Waals surface area contributed by atoms with Gasteiger partial charge in [-0.2, -0.15) is 0 Å². The van der Waals surface area contributed by atoms with Crippen LogP contribution in [0, 0.1) is 0 Å². The first-order valence-corrected chi connectivity index (χ1v) is 8.11. The molecule has 1 fully saturated rings. The fraction of sp³-hybridized carbons (Fsp3) is 0.462. The molecule has 5 nitrogen and oxygen atoms in total. The van der Waals surface area contributed by atoms with Crippen molar-refractivity contribution >= 4 is 21.4 Å². The van der Waals surface area contributed by atoms with E-state index in [1.807, 2.05) is 12.1 Å². The molecule has 1 amide bonds. The Hall–Kier alpha value is -1.56. The second kappa shape index (κ2) is 5.61. The molecule has 19 heavy (non-hydrogen) atoms. The number of aryl methyl sites for hydroxylation is 1. The molecule has 0 radical (unpaired) electrons. The molecule has 1 aliphatic rings. The molecule has 104 valence electrons. The van der Waals surface area contributed by atoms with Crippen molar-refractivity contribution in [1.29, 1.82) is 0 Å². The Morgan fingerprint density at radius 2 is 2.00 bits per heavy atom. The van der Waals surface area contributed by atoms with Crippen LogP contribution in [0.3, 0.4) is 0 Å². The highest BCUT2D eigenvalue weighted by Crippen LogP contribution is 2.12. The summed E-state index contributed by atoms with van der Waals surface area (Å²) in [6.07, 6.45) is 1.52. The van der Waals surface area contributed by atoms with Gasteiger partial charge in [-0.15, -0.1) is 0 Å². The first kappa shape index (κ1) is 13.9. The van der Waals surface area contributed by atoms with Gasteiger partial charge in [-0.25, -0.2) is 8.42 Å². The number of benzene rings is 1. The van der Waals surface area contributed by atoms with Crippen LogP contribution in [-0.2, 0) is 21.1 Å². The van der Waals surface area contributed by atoms with Gasteiger partial charge in [0.1, 0.15) is 0 Å². The average Bonchev–Trinajstić information content (AvgIpc) is 2.68. The average molecular weight is 282 g/mol. The molecule has 0 aromatic heterocycles. The predicted octanol–water partition coefficient (Wildman–Crippen LogP) is 0.505. The molecular weight excluding hydrogens is 264 g/mol. The maximum absolute atomic E-state index is 11.7. The molecule has 1 heterocycles. The maximum atomic E-state index is 11.7. The number of hydrogen-bond acceptors (Lipinski definition) is 4. The zero-order chi connectivity index (χ0) is 13.9. The minimum atomic E-state index is -2.94. The number of carbonyl (C=O) groups is 1. The van der Waals surface area contributed by atoms with Crippen molar-refractivity contribution in [3.8, 4) is 0 Å². The number of sulfone groups is 1. The van der Waals surface area contributed by atoms with Gasteiger partial charge < -0.3 is 11.1 Å². The normalized spacial score (nSPS) is 21.2. The van der Waals surface area contributed by atoms with E-state index in [2.05, 4.69) is 5.32 Å². The number of nitrogen functional groups attached to an aromatic ring is 1. The zero-order valence-corrected chi connectivity index (χ0v) is 11.4. The van der Waals surface area contributed by atoms with Crippen LogP contribution in [-0.4, -0.2) is 31.9 Å². The summed E-state index contributed by atoms with van der Waals surface area (Å²) < 4.78 is 22.5. The molecule has 2 rings (SSSR count). The van der Waals surface area contributed by atoms with Crippen molar-refractivity contribution in [1.82, 2.24) is 5.32 Å². The van der Waals surface area contributed by atoms with Crippen LogP contribution in [0.4, 0.5) is 5.69 Å². The van der Waals surface area contributed by atoms with Crippen LogP contribution < -0.4 is 11.1 Å². The van der Waals surface area contributed by atoms with Crippen molar-refractivity contribution in [2.24, 2.45) is 0 Å². The molecule has 0 spiro atoms. The molecule has 1 unspecified atom stereocenters. The van der Waals surface area contributed by atoms with Crippen LogP contribution in [0.1, 0.15) is 18.4 Å². The van der Waals surface area contributed by atoms with Gasteiger partial charge >= 0.3 is 0 Å². The van der Waals surface area contributed by atoms with E-state index in [1.54, 1.807) is 12.1 Å². The van der Waals surface area contributed by atoms with E-state index >= 15 is 0 Å². The van der Waals surface area contributed by atoms with Crippen LogP contribution >= 0.6 is 0 Å². The third-order valence-electron chi connectivity index (χ3n) is 3.22. The number of nitrogens with one attached hydrogen (secondary N) is 1. The van der Waals surface area contributed by atoms with E-state index in [0.29, 0.717) is 24.9 Å². The maximum Gasteiger partial charge on any atom is 0.220 e. The molecule has 1 aromatic carbocycles. The van der Waals surface area contributed by atoms with Gasteiger partial charge in [0.15, 0.2) is 9.84 Å². The molecule has 3 N–H and O–H groups in total. The summed E-state index contributed by atoms with van der Waals surface area (Å²) in [5, 5.41) is 2.77. The highest BCUT2D eigenvalue weighted by atomic mass is 32.2. The van der Waals surface area contributed by atoms with Gasteiger partial charge in [-0.1, -0.05) is 12.1 Å². The first-order chi connectivity index (χ1) is 8.94. The van der Waals surface area contributed by atoms with E-state index < -0.39 is 9.84 Å². The molecular formula is C13H18N2O3S. The van der Waals surface area contributed by atoms with Gasteiger partial charge in [0.25, 0.3) is 0 Å². The Morgan fingerprint density at radius 1 is 1.32 bits per heavy atom. The van der Waals surface area contributed by atoms with Crippen molar-refractivity contribution in [3.05, 3.63) is 29.8 Å². The lowest BCUT2D eigenvalue weighted by Gasteiger charge is -2.10. The van der Waals surface area contributed by atoms with Crippen molar-refractivity contribution in [2.45, 2.75) is 25.3 Å². The smallest absolute Gasteiger partial charge is 0.220 e. The van der Waals surface area contributed by atoms with Crippen LogP contribution in [0.2, 0.25) is 0 Å². The van der Waals surface area contributed by atoms with Gasteiger partial charge in [-0.05, 0) is 30.5 Å². The van der Waals surface area contributed by atoms with Gasteiger partial charge in [-0.3, -0.25) is 4.79 Å². The molecule has 0 aliphatic carbocycles. The Morgan fingerprint density at radius 3 is 2.58 bits per heavy atom. The first-order valence-electron chi connectivity index (χ1n) is 6.29. The summed E-state index contributed by atoms with van der Waals surface area (Å²) in [7, 11) is -2.94. The molecule has 0 bridgehead atoms. The minimum absolute atomic E-state index is 0.0701. The lowest BCUT2D eigenvalue weighted by atomic mass is 10.1. The van der Waals surface area contributed by atoms with Crippen LogP contribution in [0.5, 0.6) is 0 Å². The largest absolute Gasteiger partial charge is 0.399 e. The second-order valence-electron chi connectivity index (χ2n) is 4.91. The van der Waals surface area contributed by atoms with Crippen molar-refractivity contribution in [2.75, 3.05) is 17.2 Å². The quantitative estimate of drug-likeness (QED) is 0.787. The zero-order valence-electron chi connectivity index (χ0n) is 10.6. The topological polar surface area (TPSA) is 89.3 Å². The SMILES string of the molecule is Nc1ccc(CCC(=O)NC2CCS(=O)(=O)C2)cc1. The van der Waals surface area contributed by atoms with E-state index in [9.17, 15) is 13.2 Å². The lowest BCUT2D eigenvalue weighted by molar-refractivity contribution is -0.121. The van der Waals surface area contributed by atoms with E-state index in [0.717, 1.165) is 5.56 Å². The third-order valence-corrected chi connectivity index (χ3v) is 4.99. The van der Waals surface area contributed by atoms with Crippen LogP contribution in [0.25, 0.3) is 0 Å². The lowest BCUT2D eigenvalue weighted by Crippen LogP contribution is -2.35. The van der Waals surface area contributed by atoms with Gasteiger partial charge in [0.2, 0.25) is 5.91 Å².